The van der Waals surface area contributed by atoms with Crippen LogP contribution < -0.4 is 5.32 Å². The van der Waals surface area contributed by atoms with E-state index in [0.717, 1.165) is 38.5 Å². The molecule has 0 saturated carbocycles. The van der Waals surface area contributed by atoms with E-state index in [1.54, 1.807) is 37.4 Å². The van der Waals surface area contributed by atoms with Gasteiger partial charge in [-0.1, -0.05) is 62.8 Å². The monoisotopic (exact) mass is 373 g/mol. The van der Waals surface area contributed by atoms with Crippen LogP contribution in [0.1, 0.15) is 74.6 Å². The fourth-order valence-electron chi connectivity index (χ4n) is 2.65. The number of rotatable bonds is 13. The maximum atomic E-state index is 11.7. The van der Waals surface area contributed by atoms with Crippen molar-refractivity contribution in [2.24, 2.45) is 0 Å². The number of esters is 2. The number of allylic oxidation sites excluding steroid dienone is 1. The average Bonchev–Trinajstić information content (AvgIpc) is 2.69. The quantitative estimate of drug-likeness (QED) is 0.238. The lowest BCUT2D eigenvalue weighted by Crippen LogP contribution is -2.13. The van der Waals surface area contributed by atoms with E-state index in [1.165, 1.54) is 19.3 Å². The molecule has 5 nitrogen and oxygen atoms in total. The predicted octanol–water partition coefficient (Wildman–Crippen LogP) is 4.57. The summed E-state index contributed by atoms with van der Waals surface area (Å²) in [6.07, 6.45) is 13.4. The summed E-state index contributed by atoms with van der Waals surface area (Å²) in [5.74, 6) is -1.08. The van der Waals surface area contributed by atoms with Crippen LogP contribution >= 0.6 is 0 Å². The maximum absolute atomic E-state index is 11.7. The topological polar surface area (TPSA) is 72.5 Å². The second-order valence-corrected chi connectivity index (χ2v) is 6.51. The second kappa shape index (κ2) is 14.7. The molecule has 0 aliphatic rings. The number of unbranched alkanes of at least 4 members (excludes halogenated alkanes) is 8. The molecule has 27 heavy (non-hydrogen) atoms. The van der Waals surface area contributed by atoms with Crippen LogP contribution in [0, 0.1) is 0 Å². The minimum absolute atomic E-state index is 0.0525. The number of carbonyl (C=O) groups excluding carboxylic acids is 3. The highest BCUT2D eigenvalue weighted by Crippen LogP contribution is 2.11. The first-order chi connectivity index (χ1) is 13.1. The molecule has 1 rings (SSSR count). The SMILES string of the molecule is CNC(=O)/C=C/CCCCCCCCCCC(=O)OC(=O)c1ccccc1. The number of hydrogen-bond donors (Lipinski definition) is 1. The van der Waals surface area contributed by atoms with Gasteiger partial charge in [-0.2, -0.15) is 0 Å². The van der Waals surface area contributed by atoms with Crippen molar-refractivity contribution in [3.63, 3.8) is 0 Å². The van der Waals surface area contributed by atoms with Crippen LogP contribution in [-0.2, 0) is 14.3 Å². The molecule has 0 aliphatic heterocycles. The predicted molar refractivity (Wildman–Crippen MR) is 106 cm³/mol. The van der Waals surface area contributed by atoms with Crippen molar-refractivity contribution in [2.75, 3.05) is 7.05 Å². The Morgan fingerprint density at radius 3 is 2.11 bits per heavy atom. The molecule has 0 atom stereocenters. The summed E-state index contributed by atoms with van der Waals surface area (Å²) >= 11 is 0. The lowest BCUT2D eigenvalue weighted by molar-refractivity contribution is -0.138. The van der Waals surface area contributed by atoms with Crippen LogP contribution in [0.25, 0.3) is 0 Å². The van der Waals surface area contributed by atoms with Gasteiger partial charge in [0.15, 0.2) is 0 Å². The van der Waals surface area contributed by atoms with Crippen molar-refractivity contribution >= 4 is 17.8 Å². The summed E-state index contributed by atoms with van der Waals surface area (Å²) in [5.41, 5.74) is 0.398. The van der Waals surface area contributed by atoms with Gasteiger partial charge < -0.3 is 10.1 Å². The molecule has 0 aliphatic carbocycles. The van der Waals surface area contributed by atoms with E-state index in [4.69, 9.17) is 4.74 Å². The van der Waals surface area contributed by atoms with Gasteiger partial charge in [-0.25, -0.2) is 4.79 Å². The van der Waals surface area contributed by atoms with Gasteiger partial charge in [-0.05, 0) is 37.5 Å². The van der Waals surface area contributed by atoms with E-state index in [2.05, 4.69) is 5.32 Å². The van der Waals surface area contributed by atoms with Crippen molar-refractivity contribution < 1.29 is 19.1 Å². The Balaban J connectivity index is 1.92. The standard InChI is InChI=1S/C22H31NO4/c1-23-20(24)17-13-8-6-4-2-3-5-7-9-14-18-21(25)27-22(26)19-15-11-10-12-16-19/h10-13,15-17H,2-9,14,18H2,1H3,(H,23,24)/b17-13+. The summed E-state index contributed by atoms with van der Waals surface area (Å²) in [6, 6.07) is 8.55. The first-order valence-corrected chi connectivity index (χ1v) is 9.82. The molecule has 1 aromatic rings. The highest BCUT2D eigenvalue weighted by molar-refractivity contribution is 5.96. The highest BCUT2D eigenvalue weighted by Gasteiger charge is 2.11. The van der Waals surface area contributed by atoms with Crippen LogP contribution in [0.15, 0.2) is 42.5 Å². The van der Waals surface area contributed by atoms with Gasteiger partial charge in [0, 0.05) is 13.5 Å². The third-order valence-electron chi connectivity index (χ3n) is 4.23. The van der Waals surface area contributed by atoms with Crippen molar-refractivity contribution in [3.05, 3.63) is 48.0 Å². The average molecular weight is 373 g/mol. The zero-order valence-corrected chi connectivity index (χ0v) is 16.2. The number of ether oxygens (including phenoxy) is 1. The Kier molecular flexibility index (Phi) is 12.3. The molecular formula is C22H31NO4. The van der Waals surface area contributed by atoms with Crippen LogP contribution in [-0.4, -0.2) is 24.9 Å². The number of likely N-dealkylation sites (N-methyl/N-ethyl adjacent to an activating group) is 1. The molecule has 1 aromatic carbocycles. The van der Waals surface area contributed by atoms with Crippen molar-refractivity contribution in [3.8, 4) is 0 Å². The first-order valence-electron chi connectivity index (χ1n) is 9.82. The number of hydrogen-bond acceptors (Lipinski definition) is 4. The molecule has 0 aromatic heterocycles. The molecule has 0 spiro atoms. The molecule has 0 fully saturated rings. The number of amides is 1. The van der Waals surface area contributed by atoms with Gasteiger partial charge in [-0.15, -0.1) is 0 Å². The van der Waals surface area contributed by atoms with E-state index in [0.29, 0.717) is 5.56 Å². The zero-order valence-electron chi connectivity index (χ0n) is 16.2. The lowest BCUT2D eigenvalue weighted by atomic mass is 10.1. The summed E-state index contributed by atoms with van der Waals surface area (Å²) in [7, 11) is 1.62. The summed E-state index contributed by atoms with van der Waals surface area (Å²) in [4.78, 5) is 34.4. The van der Waals surface area contributed by atoms with E-state index < -0.39 is 11.9 Å². The van der Waals surface area contributed by atoms with Gasteiger partial charge in [0.25, 0.3) is 0 Å². The Hall–Kier alpha value is -2.43. The summed E-state index contributed by atoms with van der Waals surface area (Å²) in [6.45, 7) is 0. The van der Waals surface area contributed by atoms with Crippen molar-refractivity contribution in [1.29, 1.82) is 0 Å². The Morgan fingerprint density at radius 1 is 0.889 bits per heavy atom. The molecule has 0 radical (unpaired) electrons. The number of carbonyl (C=O) groups is 3. The van der Waals surface area contributed by atoms with E-state index in [1.807, 2.05) is 12.1 Å². The van der Waals surface area contributed by atoms with E-state index in [-0.39, 0.29) is 12.3 Å². The molecule has 5 heteroatoms. The molecule has 0 bridgehead atoms. The second-order valence-electron chi connectivity index (χ2n) is 6.51. The minimum Gasteiger partial charge on any atom is -0.389 e. The van der Waals surface area contributed by atoms with Crippen LogP contribution in [0.4, 0.5) is 0 Å². The molecule has 1 N–H and O–H groups in total. The number of benzene rings is 1. The minimum atomic E-state index is -0.578. The van der Waals surface area contributed by atoms with Crippen molar-refractivity contribution in [2.45, 2.75) is 64.2 Å². The molecule has 1 amide bonds. The lowest BCUT2D eigenvalue weighted by Gasteiger charge is -2.04. The van der Waals surface area contributed by atoms with Gasteiger partial charge in [0.05, 0.1) is 5.56 Å². The summed E-state index contributed by atoms with van der Waals surface area (Å²) < 4.78 is 4.84. The summed E-state index contributed by atoms with van der Waals surface area (Å²) in [5, 5.41) is 2.55. The van der Waals surface area contributed by atoms with Gasteiger partial charge in [0.1, 0.15) is 0 Å². The molecular weight excluding hydrogens is 342 g/mol. The molecule has 148 valence electrons. The van der Waals surface area contributed by atoms with Crippen molar-refractivity contribution in [1.82, 2.24) is 5.32 Å². The highest BCUT2D eigenvalue weighted by atomic mass is 16.6. The van der Waals surface area contributed by atoms with Gasteiger partial charge in [-0.3, -0.25) is 9.59 Å². The Bertz CT molecular complexity index is 596. The fourth-order valence-corrected chi connectivity index (χ4v) is 2.65. The first kappa shape index (κ1) is 22.6. The van der Waals surface area contributed by atoms with Gasteiger partial charge in [0.2, 0.25) is 5.91 Å². The number of nitrogens with one attached hydrogen (secondary N) is 1. The third-order valence-corrected chi connectivity index (χ3v) is 4.23. The molecule has 0 saturated heterocycles. The fraction of sp³-hybridized carbons (Fsp3) is 0.500. The van der Waals surface area contributed by atoms with Crippen LogP contribution in [0.3, 0.4) is 0 Å². The van der Waals surface area contributed by atoms with Gasteiger partial charge >= 0.3 is 11.9 Å². The zero-order chi connectivity index (χ0) is 19.7. The smallest absolute Gasteiger partial charge is 0.345 e. The van der Waals surface area contributed by atoms with Crippen LogP contribution in [0.2, 0.25) is 0 Å². The molecule has 0 heterocycles. The molecule has 0 unspecified atom stereocenters. The third kappa shape index (κ3) is 11.7. The van der Waals surface area contributed by atoms with E-state index >= 15 is 0 Å². The van der Waals surface area contributed by atoms with E-state index in [9.17, 15) is 14.4 Å². The Labute approximate surface area is 162 Å². The van der Waals surface area contributed by atoms with Crippen LogP contribution in [0.5, 0.6) is 0 Å². The largest absolute Gasteiger partial charge is 0.389 e. The normalized spacial score (nSPS) is 10.7. The Morgan fingerprint density at radius 2 is 1.48 bits per heavy atom. The maximum Gasteiger partial charge on any atom is 0.345 e.